The number of carboxylic acid groups (broad SMARTS) is 1. The molecule has 2 aromatic rings. The van der Waals surface area contributed by atoms with Gasteiger partial charge in [0.2, 0.25) is 0 Å². The number of hydrogen-bond acceptors (Lipinski definition) is 2. The number of benzene rings is 2. The van der Waals surface area contributed by atoms with Crippen LogP contribution in [0.4, 0.5) is 5.69 Å². The molecule has 0 spiro atoms. The zero-order chi connectivity index (χ0) is 15.6. The van der Waals surface area contributed by atoms with Gasteiger partial charge in [0.05, 0.1) is 5.56 Å². The minimum absolute atomic E-state index is 0.279. The second-order valence-corrected chi connectivity index (χ2v) is 6.54. The number of aromatic carboxylic acids is 1. The summed E-state index contributed by atoms with van der Waals surface area (Å²) in [4.78, 5) is 10.9. The quantitative estimate of drug-likeness (QED) is 0.730. The molecule has 3 nitrogen and oxygen atoms in total. The van der Waals surface area contributed by atoms with Crippen molar-refractivity contribution >= 4 is 43.5 Å². The second kappa shape index (κ2) is 6.62. The Kier molecular flexibility index (Phi) is 5.06. The van der Waals surface area contributed by atoms with Gasteiger partial charge in [0.1, 0.15) is 0 Å². The molecule has 0 aliphatic rings. The third-order valence-electron chi connectivity index (χ3n) is 3.22. The van der Waals surface area contributed by atoms with Crippen LogP contribution in [0.2, 0.25) is 0 Å². The number of aryl methyl sites for hydroxylation is 2. The van der Waals surface area contributed by atoms with E-state index in [2.05, 4.69) is 63.2 Å². The van der Waals surface area contributed by atoms with Crippen LogP contribution in [0.3, 0.4) is 0 Å². The first kappa shape index (κ1) is 16.0. The highest BCUT2D eigenvalue weighted by molar-refractivity contribution is 9.10. The summed E-state index contributed by atoms with van der Waals surface area (Å²) in [6.07, 6.45) is 0. The Labute approximate surface area is 140 Å². The molecule has 0 aromatic heterocycles. The first-order chi connectivity index (χ1) is 9.88. The molecule has 0 unspecified atom stereocenters. The van der Waals surface area contributed by atoms with Gasteiger partial charge in [0.25, 0.3) is 0 Å². The van der Waals surface area contributed by atoms with Gasteiger partial charge in [-0.2, -0.15) is 0 Å². The van der Waals surface area contributed by atoms with Gasteiger partial charge in [-0.05, 0) is 54.8 Å². The molecule has 2 rings (SSSR count). The second-order valence-electron chi connectivity index (χ2n) is 4.89. The van der Waals surface area contributed by atoms with Crippen molar-refractivity contribution in [1.82, 2.24) is 0 Å². The fourth-order valence-electron chi connectivity index (χ4n) is 2.07. The number of carboxylic acids is 1. The number of rotatable bonds is 4. The predicted octanol–water partition coefficient (Wildman–Crippen LogP) is 5.14. The van der Waals surface area contributed by atoms with Gasteiger partial charge < -0.3 is 10.4 Å². The van der Waals surface area contributed by atoms with Crippen molar-refractivity contribution in [3.8, 4) is 0 Å². The number of hydrogen-bond donors (Lipinski definition) is 2. The van der Waals surface area contributed by atoms with Crippen LogP contribution in [-0.4, -0.2) is 11.1 Å². The van der Waals surface area contributed by atoms with Crippen LogP contribution in [-0.2, 0) is 6.54 Å². The van der Waals surface area contributed by atoms with E-state index in [1.54, 1.807) is 12.1 Å². The van der Waals surface area contributed by atoms with Crippen molar-refractivity contribution in [2.45, 2.75) is 20.4 Å². The average Bonchev–Trinajstić information content (AvgIpc) is 2.43. The Hall–Kier alpha value is -1.33. The van der Waals surface area contributed by atoms with Crippen LogP contribution in [0, 0.1) is 13.8 Å². The SMILES string of the molecule is Cc1cc(NCc2ccc(C(=O)O)cc2Br)cc(C)c1Br. The maximum absolute atomic E-state index is 10.9. The fourth-order valence-corrected chi connectivity index (χ4v) is 2.82. The highest BCUT2D eigenvalue weighted by Crippen LogP contribution is 2.26. The van der Waals surface area contributed by atoms with Crippen molar-refractivity contribution in [3.63, 3.8) is 0 Å². The molecule has 0 fully saturated rings. The van der Waals surface area contributed by atoms with Gasteiger partial charge >= 0.3 is 5.97 Å². The molecule has 0 bridgehead atoms. The summed E-state index contributed by atoms with van der Waals surface area (Å²) in [6.45, 7) is 4.74. The molecule has 0 aliphatic heterocycles. The lowest BCUT2D eigenvalue weighted by Crippen LogP contribution is -2.03. The molecule has 2 N–H and O–H groups in total. The number of nitrogens with one attached hydrogen (secondary N) is 1. The predicted molar refractivity (Wildman–Crippen MR) is 92.0 cm³/mol. The van der Waals surface area contributed by atoms with E-state index in [1.165, 1.54) is 11.1 Å². The fraction of sp³-hybridized carbons (Fsp3) is 0.188. The largest absolute Gasteiger partial charge is 0.478 e. The Bertz CT molecular complexity index is 676. The Balaban J connectivity index is 2.15. The van der Waals surface area contributed by atoms with E-state index in [0.717, 1.165) is 20.2 Å². The van der Waals surface area contributed by atoms with E-state index in [1.807, 2.05) is 6.07 Å². The maximum Gasteiger partial charge on any atom is 0.335 e. The van der Waals surface area contributed by atoms with Crippen molar-refractivity contribution in [1.29, 1.82) is 0 Å². The van der Waals surface area contributed by atoms with Gasteiger partial charge in [0.15, 0.2) is 0 Å². The molecule has 0 heterocycles. The minimum atomic E-state index is -0.922. The Morgan fingerprint density at radius 1 is 1.14 bits per heavy atom. The topological polar surface area (TPSA) is 49.3 Å². The van der Waals surface area contributed by atoms with Crippen molar-refractivity contribution in [2.75, 3.05) is 5.32 Å². The summed E-state index contributed by atoms with van der Waals surface area (Å²) >= 11 is 6.97. The maximum atomic E-state index is 10.9. The Morgan fingerprint density at radius 2 is 1.76 bits per heavy atom. The van der Waals surface area contributed by atoms with Crippen LogP contribution in [0.1, 0.15) is 27.0 Å². The minimum Gasteiger partial charge on any atom is -0.478 e. The van der Waals surface area contributed by atoms with Gasteiger partial charge in [-0.1, -0.05) is 37.9 Å². The van der Waals surface area contributed by atoms with Crippen LogP contribution in [0.5, 0.6) is 0 Å². The number of anilines is 1. The third kappa shape index (κ3) is 3.86. The molecular formula is C16H15Br2NO2. The van der Waals surface area contributed by atoms with Crippen LogP contribution in [0.25, 0.3) is 0 Å². The smallest absolute Gasteiger partial charge is 0.335 e. The van der Waals surface area contributed by atoms with E-state index in [4.69, 9.17) is 5.11 Å². The molecule has 0 radical (unpaired) electrons. The summed E-state index contributed by atoms with van der Waals surface area (Å²) in [6, 6.07) is 9.21. The molecule has 0 aliphatic carbocycles. The van der Waals surface area contributed by atoms with Crippen molar-refractivity contribution in [2.24, 2.45) is 0 Å². The zero-order valence-corrected chi connectivity index (χ0v) is 14.9. The van der Waals surface area contributed by atoms with Crippen molar-refractivity contribution in [3.05, 3.63) is 61.5 Å². The normalized spacial score (nSPS) is 10.5. The average molecular weight is 413 g/mol. The van der Waals surface area contributed by atoms with Gasteiger partial charge in [-0.15, -0.1) is 0 Å². The first-order valence-electron chi connectivity index (χ1n) is 6.41. The highest BCUT2D eigenvalue weighted by Gasteiger charge is 2.07. The van der Waals surface area contributed by atoms with E-state index >= 15 is 0 Å². The van der Waals surface area contributed by atoms with E-state index in [9.17, 15) is 4.79 Å². The molecule has 2 aromatic carbocycles. The summed E-state index contributed by atoms with van der Waals surface area (Å²) < 4.78 is 1.92. The lowest BCUT2D eigenvalue weighted by molar-refractivity contribution is 0.0697. The molecule has 21 heavy (non-hydrogen) atoms. The van der Waals surface area contributed by atoms with E-state index in [-0.39, 0.29) is 5.56 Å². The van der Waals surface area contributed by atoms with Gasteiger partial charge in [-0.25, -0.2) is 4.79 Å². The lowest BCUT2D eigenvalue weighted by Gasteiger charge is -2.12. The molecule has 5 heteroatoms. The third-order valence-corrected chi connectivity index (χ3v) is 5.21. The van der Waals surface area contributed by atoms with Crippen LogP contribution in [0.15, 0.2) is 39.3 Å². The van der Waals surface area contributed by atoms with Crippen LogP contribution >= 0.6 is 31.9 Å². The summed E-state index contributed by atoms with van der Waals surface area (Å²) in [5, 5.41) is 12.3. The summed E-state index contributed by atoms with van der Waals surface area (Å²) in [7, 11) is 0. The standard InChI is InChI=1S/C16H15Br2NO2/c1-9-5-13(6-10(2)15(9)18)19-8-12-4-3-11(16(20)21)7-14(12)17/h3-7,19H,8H2,1-2H3,(H,20,21). The molecule has 0 saturated heterocycles. The lowest BCUT2D eigenvalue weighted by atomic mass is 10.1. The number of carbonyl (C=O) groups is 1. The van der Waals surface area contributed by atoms with Gasteiger partial charge in [-0.3, -0.25) is 0 Å². The van der Waals surface area contributed by atoms with E-state index < -0.39 is 5.97 Å². The highest BCUT2D eigenvalue weighted by atomic mass is 79.9. The van der Waals surface area contributed by atoms with Gasteiger partial charge in [0, 0.05) is 21.2 Å². The first-order valence-corrected chi connectivity index (χ1v) is 7.99. The Morgan fingerprint density at radius 3 is 2.29 bits per heavy atom. The summed E-state index contributed by atoms with van der Waals surface area (Å²) in [5.74, 6) is -0.922. The molecular weight excluding hydrogens is 398 g/mol. The van der Waals surface area contributed by atoms with Crippen LogP contribution < -0.4 is 5.32 Å². The van der Waals surface area contributed by atoms with E-state index in [0.29, 0.717) is 6.54 Å². The molecule has 110 valence electrons. The number of halogens is 2. The molecule has 0 saturated carbocycles. The zero-order valence-electron chi connectivity index (χ0n) is 11.7. The van der Waals surface area contributed by atoms with Crippen molar-refractivity contribution < 1.29 is 9.90 Å². The summed E-state index contributed by atoms with van der Waals surface area (Å²) in [5.41, 5.74) is 4.69. The molecule has 0 atom stereocenters. The monoisotopic (exact) mass is 411 g/mol. The molecule has 0 amide bonds.